The van der Waals surface area contributed by atoms with E-state index in [1.165, 1.54) is 17.8 Å². The van der Waals surface area contributed by atoms with Crippen LogP contribution in [0.4, 0.5) is 5.13 Å². The topological polar surface area (TPSA) is 78.4 Å². The number of amides is 1. The van der Waals surface area contributed by atoms with E-state index < -0.39 is 0 Å². The molecule has 0 unspecified atom stereocenters. The van der Waals surface area contributed by atoms with Gasteiger partial charge in [-0.3, -0.25) is 15.0 Å². The minimum atomic E-state index is -0.254. The molecule has 0 saturated heterocycles. The average molecular weight is 375 g/mol. The minimum absolute atomic E-state index is 0.177. The Hall–Kier alpha value is -1.83. The minimum Gasteiger partial charge on any atom is -0.391 e. The van der Waals surface area contributed by atoms with Crippen molar-refractivity contribution in [3.05, 3.63) is 40.4 Å². The zero-order valence-corrected chi connectivity index (χ0v) is 16.1. The first kappa shape index (κ1) is 18.9. The number of aliphatic hydroxyl groups excluding tert-OH is 1. The summed E-state index contributed by atoms with van der Waals surface area (Å²) < 4.78 is 0. The van der Waals surface area contributed by atoms with Crippen molar-refractivity contribution >= 4 is 22.4 Å². The maximum absolute atomic E-state index is 12.5. The highest BCUT2D eigenvalue weighted by Gasteiger charge is 2.27. The zero-order chi connectivity index (χ0) is 18.5. The van der Waals surface area contributed by atoms with Crippen LogP contribution in [-0.4, -0.2) is 44.8 Å². The number of nitrogens with zero attached hydrogens (tertiary/aromatic N) is 3. The lowest BCUT2D eigenvalue weighted by atomic mass is 9.91. The number of nitrogens with one attached hydrogen (secondary N) is 1. The predicted molar refractivity (Wildman–Crippen MR) is 103 cm³/mol. The number of aliphatic hydroxyl groups is 1. The van der Waals surface area contributed by atoms with E-state index in [2.05, 4.69) is 27.3 Å². The normalized spacial score (nSPS) is 20.3. The number of carbonyl (C=O) groups excluding carboxylic acids is 1. The Morgan fingerprint density at radius 1 is 1.35 bits per heavy atom. The van der Waals surface area contributed by atoms with Crippen LogP contribution >= 0.6 is 11.3 Å². The van der Waals surface area contributed by atoms with Crippen LogP contribution in [0.1, 0.15) is 53.5 Å². The smallest absolute Gasteiger partial charge is 0.257 e. The summed E-state index contributed by atoms with van der Waals surface area (Å²) in [6.45, 7) is 5.59. The number of likely N-dealkylation sites (N-methyl/N-ethyl adjacent to an activating group) is 1. The fourth-order valence-electron chi connectivity index (χ4n) is 3.54. The molecule has 0 spiro atoms. The summed E-state index contributed by atoms with van der Waals surface area (Å²) >= 11 is 1.36. The summed E-state index contributed by atoms with van der Waals surface area (Å²) in [5.74, 6) is -0.177. The van der Waals surface area contributed by atoms with Gasteiger partial charge >= 0.3 is 0 Å². The Morgan fingerprint density at radius 3 is 2.85 bits per heavy atom. The quantitative estimate of drug-likeness (QED) is 0.812. The van der Waals surface area contributed by atoms with Crippen molar-refractivity contribution in [3.8, 4) is 0 Å². The summed E-state index contributed by atoms with van der Waals surface area (Å²) in [4.78, 5) is 14.8. The summed E-state index contributed by atoms with van der Waals surface area (Å²) in [5.41, 5.74) is 1.68. The molecule has 2 aromatic rings. The lowest BCUT2D eigenvalue weighted by Gasteiger charge is -2.37. The molecular formula is C19H26N4O2S. The van der Waals surface area contributed by atoms with Gasteiger partial charge < -0.3 is 5.11 Å². The Morgan fingerprint density at radius 2 is 2.15 bits per heavy atom. The Bertz CT molecular complexity index is 749. The van der Waals surface area contributed by atoms with E-state index in [0.717, 1.165) is 42.9 Å². The molecule has 1 amide bonds. The van der Waals surface area contributed by atoms with Gasteiger partial charge in [0.05, 0.1) is 6.10 Å². The van der Waals surface area contributed by atoms with Crippen LogP contribution < -0.4 is 5.32 Å². The maximum Gasteiger partial charge on any atom is 0.257 e. The Kier molecular flexibility index (Phi) is 6.34. The summed E-state index contributed by atoms with van der Waals surface area (Å²) in [6.07, 6.45) is 3.93. The molecule has 6 nitrogen and oxygen atoms in total. The lowest BCUT2D eigenvalue weighted by molar-refractivity contribution is 0.0182. The van der Waals surface area contributed by atoms with Crippen LogP contribution in [0.5, 0.6) is 0 Å². The second kappa shape index (κ2) is 8.70. The van der Waals surface area contributed by atoms with Gasteiger partial charge in [-0.2, -0.15) is 0 Å². The number of rotatable bonds is 6. The van der Waals surface area contributed by atoms with Crippen molar-refractivity contribution in [3.63, 3.8) is 0 Å². The molecule has 0 aliphatic heterocycles. The molecule has 0 bridgehead atoms. The molecule has 1 heterocycles. The van der Waals surface area contributed by atoms with Crippen LogP contribution in [-0.2, 0) is 6.54 Å². The number of hydrogen-bond acceptors (Lipinski definition) is 6. The molecule has 2 atom stereocenters. The first-order chi connectivity index (χ1) is 12.6. The third-order valence-electron chi connectivity index (χ3n) is 4.89. The van der Waals surface area contributed by atoms with E-state index in [0.29, 0.717) is 10.7 Å². The molecule has 1 aliphatic carbocycles. The van der Waals surface area contributed by atoms with Gasteiger partial charge in [0.2, 0.25) is 5.13 Å². The second-order valence-corrected chi connectivity index (χ2v) is 7.94. The van der Waals surface area contributed by atoms with Crippen molar-refractivity contribution < 1.29 is 9.90 Å². The average Bonchev–Trinajstić information content (AvgIpc) is 3.05. The Balaban J connectivity index is 1.68. The molecule has 1 saturated carbocycles. The molecule has 3 rings (SSSR count). The third kappa shape index (κ3) is 4.66. The maximum atomic E-state index is 12.5. The largest absolute Gasteiger partial charge is 0.391 e. The number of benzene rings is 1. The van der Waals surface area contributed by atoms with Gasteiger partial charge in [-0.15, -0.1) is 10.2 Å². The highest BCUT2D eigenvalue weighted by Crippen LogP contribution is 2.25. The molecule has 26 heavy (non-hydrogen) atoms. The van der Waals surface area contributed by atoms with E-state index in [9.17, 15) is 9.90 Å². The third-order valence-corrected chi connectivity index (χ3v) is 5.64. The van der Waals surface area contributed by atoms with Gasteiger partial charge in [0, 0.05) is 18.2 Å². The summed E-state index contributed by atoms with van der Waals surface area (Å²) in [6, 6.07) is 7.86. The van der Waals surface area contributed by atoms with Gasteiger partial charge in [-0.1, -0.05) is 43.2 Å². The number of aryl methyl sites for hydroxylation is 1. The van der Waals surface area contributed by atoms with Crippen LogP contribution in [0.3, 0.4) is 0 Å². The summed E-state index contributed by atoms with van der Waals surface area (Å²) in [7, 11) is 0. The van der Waals surface area contributed by atoms with Crippen LogP contribution in [0.25, 0.3) is 0 Å². The highest BCUT2D eigenvalue weighted by atomic mass is 32.1. The number of carbonyl (C=O) groups is 1. The first-order valence-electron chi connectivity index (χ1n) is 9.19. The Labute approximate surface area is 158 Å². The van der Waals surface area contributed by atoms with E-state index in [4.69, 9.17) is 0 Å². The molecule has 1 aromatic carbocycles. The number of hydrogen-bond donors (Lipinski definition) is 2. The van der Waals surface area contributed by atoms with E-state index in [1.807, 2.05) is 25.1 Å². The molecule has 1 aromatic heterocycles. The predicted octanol–water partition coefficient (Wildman–Crippen LogP) is 3.22. The lowest BCUT2D eigenvalue weighted by Crippen LogP contribution is -2.44. The molecule has 140 valence electrons. The standard InChI is InChI=1S/C19H26N4O2S/c1-3-23(16-9-4-5-10-17(16)24)12-14-7-6-8-15(11-14)18(25)20-19-22-21-13(2)26-19/h6-8,11,16-17,24H,3-5,9-10,12H2,1-2H3,(H,20,22,25)/t16-,17-/m1/s1. The monoisotopic (exact) mass is 374 g/mol. The van der Waals surface area contributed by atoms with E-state index in [-0.39, 0.29) is 18.1 Å². The number of anilines is 1. The SMILES string of the molecule is CCN(Cc1cccc(C(=O)Nc2nnc(C)s2)c1)[C@@H]1CCCC[C@H]1O. The molecule has 2 N–H and O–H groups in total. The van der Waals surface area contributed by atoms with Gasteiger partial charge in [0.25, 0.3) is 5.91 Å². The van der Waals surface area contributed by atoms with Crippen LogP contribution in [0, 0.1) is 6.92 Å². The molecule has 0 radical (unpaired) electrons. The van der Waals surface area contributed by atoms with Gasteiger partial charge in [-0.05, 0) is 44.0 Å². The van der Waals surface area contributed by atoms with Gasteiger partial charge in [0.1, 0.15) is 5.01 Å². The van der Waals surface area contributed by atoms with Gasteiger partial charge in [0.15, 0.2) is 0 Å². The van der Waals surface area contributed by atoms with Crippen LogP contribution in [0.15, 0.2) is 24.3 Å². The fraction of sp³-hybridized carbons (Fsp3) is 0.526. The number of aromatic nitrogens is 2. The van der Waals surface area contributed by atoms with Gasteiger partial charge in [-0.25, -0.2) is 0 Å². The molecule has 1 fully saturated rings. The van der Waals surface area contributed by atoms with Crippen molar-refractivity contribution in [2.75, 3.05) is 11.9 Å². The van der Waals surface area contributed by atoms with Crippen molar-refractivity contribution in [2.24, 2.45) is 0 Å². The first-order valence-corrected chi connectivity index (χ1v) is 10.0. The molecule has 7 heteroatoms. The molecule has 1 aliphatic rings. The zero-order valence-electron chi connectivity index (χ0n) is 15.3. The molecular weight excluding hydrogens is 348 g/mol. The van der Waals surface area contributed by atoms with Crippen molar-refractivity contribution in [1.29, 1.82) is 0 Å². The highest BCUT2D eigenvalue weighted by molar-refractivity contribution is 7.15. The second-order valence-electron chi connectivity index (χ2n) is 6.76. The fourth-order valence-corrected chi connectivity index (χ4v) is 4.13. The van der Waals surface area contributed by atoms with Crippen molar-refractivity contribution in [2.45, 2.75) is 58.2 Å². The summed E-state index contributed by atoms with van der Waals surface area (Å²) in [5, 5.41) is 22.3. The van der Waals surface area contributed by atoms with E-state index >= 15 is 0 Å². The van der Waals surface area contributed by atoms with E-state index in [1.54, 1.807) is 6.07 Å². The van der Waals surface area contributed by atoms with Crippen LogP contribution in [0.2, 0.25) is 0 Å². The van der Waals surface area contributed by atoms with Crippen molar-refractivity contribution in [1.82, 2.24) is 15.1 Å².